The molecule has 2 aliphatic heterocycles. The zero-order valence-electron chi connectivity index (χ0n) is 15.7. The number of rotatable bonds is 3. The van der Waals surface area contributed by atoms with Gasteiger partial charge >= 0.3 is 6.03 Å². The number of benzene rings is 1. The molecule has 2 aliphatic rings. The number of hydrogen-bond acceptors (Lipinski definition) is 3. The molecule has 2 N–H and O–H groups in total. The summed E-state index contributed by atoms with van der Waals surface area (Å²) >= 11 is 0. The number of aliphatic hydroxyl groups is 1. The standard InChI is InChI=1S/C20H29N3O3/c1-14-7-10-22(11-8-14)19(25)16-5-6-18(15(2)12-16)21-20(26)23-9-3-4-17(23)13-24/h5-6,12,14,17,24H,3-4,7-11,13H2,1-2H3,(H,21,26)/t17-/m0/s1. The Bertz CT molecular complexity index is 668. The highest BCUT2D eigenvalue weighted by molar-refractivity contribution is 5.96. The molecule has 0 aliphatic carbocycles. The molecule has 1 atom stereocenters. The highest BCUT2D eigenvalue weighted by Crippen LogP contribution is 2.23. The molecule has 0 aromatic heterocycles. The number of carbonyl (C=O) groups is 2. The van der Waals surface area contributed by atoms with E-state index < -0.39 is 0 Å². The first-order valence-corrected chi connectivity index (χ1v) is 9.58. The zero-order chi connectivity index (χ0) is 18.7. The number of urea groups is 1. The van der Waals surface area contributed by atoms with E-state index in [0.717, 1.165) is 44.3 Å². The summed E-state index contributed by atoms with van der Waals surface area (Å²) in [5, 5.41) is 12.3. The van der Waals surface area contributed by atoms with Gasteiger partial charge in [-0.05, 0) is 62.3 Å². The van der Waals surface area contributed by atoms with Crippen molar-refractivity contribution in [3.8, 4) is 0 Å². The summed E-state index contributed by atoms with van der Waals surface area (Å²) in [6.07, 6.45) is 3.87. The molecule has 1 aromatic carbocycles. The molecule has 0 radical (unpaired) electrons. The molecular formula is C20H29N3O3. The highest BCUT2D eigenvalue weighted by Gasteiger charge is 2.28. The molecule has 142 valence electrons. The van der Waals surface area contributed by atoms with E-state index >= 15 is 0 Å². The number of anilines is 1. The fourth-order valence-electron chi connectivity index (χ4n) is 3.81. The Morgan fingerprint density at radius 1 is 1.19 bits per heavy atom. The van der Waals surface area contributed by atoms with Gasteiger partial charge in [-0.1, -0.05) is 6.92 Å². The van der Waals surface area contributed by atoms with Gasteiger partial charge in [0.1, 0.15) is 0 Å². The fraction of sp³-hybridized carbons (Fsp3) is 0.600. The van der Waals surface area contributed by atoms with Crippen LogP contribution in [0.1, 0.15) is 48.5 Å². The molecule has 1 aromatic rings. The number of amides is 3. The minimum absolute atomic E-state index is 0.00566. The van der Waals surface area contributed by atoms with Crippen LogP contribution in [0.3, 0.4) is 0 Å². The number of carbonyl (C=O) groups excluding carboxylic acids is 2. The Hall–Kier alpha value is -2.08. The highest BCUT2D eigenvalue weighted by atomic mass is 16.3. The molecule has 2 saturated heterocycles. The molecular weight excluding hydrogens is 330 g/mol. The van der Waals surface area contributed by atoms with Crippen molar-refractivity contribution in [1.82, 2.24) is 9.80 Å². The lowest BCUT2D eigenvalue weighted by Crippen LogP contribution is -2.40. The number of nitrogens with one attached hydrogen (secondary N) is 1. The van der Waals surface area contributed by atoms with Crippen LogP contribution >= 0.6 is 0 Å². The number of aryl methyl sites for hydroxylation is 1. The van der Waals surface area contributed by atoms with Crippen molar-refractivity contribution in [1.29, 1.82) is 0 Å². The second kappa shape index (κ2) is 8.08. The van der Waals surface area contributed by atoms with E-state index in [4.69, 9.17) is 0 Å². The van der Waals surface area contributed by atoms with Crippen LogP contribution in [0.25, 0.3) is 0 Å². The van der Waals surface area contributed by atoms with Crippen molar-refractivity contribution < 1.29 is 14.7 Å². The van der Waals surface area contributed by atoms with E-state index in [9.17, 15) is 14.7 Å². The number of likely N-dealkylation sites (tertiary alicyclic amines) is 2. The van der Waals surface area contributed by atoms with Gasteiger partial charge in [0.05, 0.1) is 12.6 Å². The van der Waals surface area contributed by atoms with Crippen LogP contribution in [0.5, 0.6) is 0 Å². The van der Waals surface area contributed by atoms with E-state index in [-0.39, 0.29) is 24.6 Å². The normalized spacial score (nSPS) is 21.1. The van der Waals surface area contributed by atoms with Gasteiger partial charge in [-0.25, -0.2) is 4.79 Å². The second-order valence-corrected chi connectivity index (χ2v) is 7.61. The molecule has 6 nitrogen and oxygen atoms in total. The fourth-order valence-corrected chi connectivity index (χ4v) is 3.81. The van der Waals surface area contributed by atoms with Gasteiger partial charge in [0.15, 0.2) is 0 Å². The summed E-state index contributed by atoms with van der Waals surface area (Å²) in [5.41, 5.74) is 2.25. The van der Waals surface area contributed by atoms with E-state index in [0.29, 0.717) is 23.7 Å². The van der Waals surface area contributed by atoms with Gasteiger partial charge in [-0.2, -0.15) is 0 Å². The Kier molecular flexibility index (Phi) is 5.81. The van der Waals surface area contributed by atoms with Crippen LogP contribution in [0, 0.1) is 12.8 Å². The SMILES string of the molecule is Cc1cc(C(=O)N2CCC(C)CC2)ccc1NC(=O)N1CCC[C@H]1CO. The minimum Gasteiger partial charge on any atom is -0.394 e. The number of piperidine rings is 1. The van der Waals surface area contributed by atoms with Crippen molar-refractivity contribution in [2.75, 3.05) is 31.6 Å². The first-order valence-electron chi connectivity index (χ1n) is 9.58. The molecule has 2 heterocycles. The number of hydrogen-bond donors (Lipinski definition) is 2. The van der Waals surface area contributed by atoms with Crippen LogP contribution in [-0.2, 0) is 0 Å². The van der Waals surface area contributed by atoms with Gasteiger partial charge in [-0.3, -0.25) is 4.79 Å². The molecule has 3 amide bonds. The molecule has 6 heteroatoms. The Morgan fingerprint density at radius 2 is 1.92 bits per heavy atom. The molecule has 26 heavy (non-hydrogen) atoms. The smallest absolute Gasteiger partial charge is 0.322 e. The van der Waals surface area contributed by atoms with Crippen molar-refractivity contribution in [3.63, 3.8) is 0 Å². The number of aliphatic hydroxyl groups excluding tert-OH is 1. The predicted octanol–water partition coefficient (Wildman–Crippen LogP) is 2.86. The quantitative estimate of drug-likeness (QED) is 0.872. The van der Waals surface area contributed by atoms with Crippen molar-refractivity contribution in [3.05, 3.63) is 29.3 Å². The summed E-state index contributed by atoms with van der Waals surface area (Å²) in [6.45, 7) is 6.42. The summed E-state index contributed by atoms with van der Waals surface area (Å²) in [4.78, 5) is 28.8. The lowest BCUT2D eigenvalue weighted by molar-refractivity contribution is 0.0697. The van der Waals surface area contributed by atoms with Gasteiger partial charge in [0.2, 0.25) is 0 Å². The van der Waals surface area contributed by atoms with Gasteiger partial charge < -0.3 is 20.2 Å². The molecule has 0 unspecified atom stereocenters. The largest absolute Gasteiger partial charge is 0.394 e. The number of nitrogens with zero attached hydrogens (tertiary/aromatic N) is 2. The van der Waals surface area contributed by atoms with Gasteiger partial charge in [-0.15, -0.1) is 0 Å². The average molecular weight is 359 g/mol. The monoisotopic (exact) mass is 359 g/mol. The molecule has 3 rings (SSSR count). The predicted molar refractivity (Wildman–Crippen MR) is 101 cm³/mol. The van der Waals surface area contributed by atoms with Crippen LogP contribution in [0.15, 0.2) is 18.2 Å². The van der Waals surface area contributed by atoms with Crippen molar-refractivity contribution in [2.45, 2.75) is 45.6 Å². The van der Waals surface area contributed by atoms with Crippen LogP contribution < -0.4 is 5.32 Å². The summed E-state index contributed by atoms with van der Waals surface area (Å²) < 4.78 is 0. The summed E-state index contributed by atoms with van der Waals surface area (Å²) in [6, 6.07) is 5.16. The lowest BCUT2D eigenvalue weighted by Gasteiger charge is -2.30. The maximum absolute atomic E-state index is 12.7. The molecule has 0 spiro atoms. The summed E-state index contributed by atoms with van der Waals surface area (Å²) in [5.74, 6) is 0.754. The first-order chi connectivity index (χ1) is 12.5. The van der Waals surface area contributed by atoms with Crippen LogP contribution in [0.2, 0.25) is 0 Å². The van der Waals surface area contributed by atoms with E-state index in [1.165, 1.54) is 0 Å². The van der Waals surface area contributed by atoms with Crippen LogP contribution in [0.4, 0.5) is 10.5 Å². The third kappa shape index (κ3) is 4.01. The van der Waals surface area contributed by atoms with Gasteiger partial charge in [0.25, 0.3) is 5.91 Å². The zero-order valence-corrected chi connectivity index (χ0v) is 15.7. The van der Waals surface area contributed by atoms with Gasteiger partial charge in [0, 0.05) is 30.9 Å². The lowest BCUT2D eigenvalue weighted by atomic mass is 9.98. The topological polar surface area (TPSA) is 72.9 Å². The minimum atomic E-state index is -0.186. The third-order valence-electron chi connectivity index (χ3n) is 5.63. The van der Waals surface area contributed by atoms with Crippen molar-refractivity contribution >= 4 is 17.6 Å². The molecule has 0 saturated carbocycles. The second-order valence-electron chi connectivity index (χ2n) is 7.61. The Morgan fingerprint density at radius 3 is 2.58 bits per heavy atom. The molecule has 2 fully saturated rings. The van der Waals surface area contributed by atoms with Crippen LogP contribution in [-0.4, -0.2) is 59.1 Å². The van der Waals surface area contributed by atoms with Crippen molar-refractivity contribution in [2.24, 2.45) is 5.92 Å². The average Bonchev–Trinajstić information content (AvgIpc) is 3.12. The first kappa shape index (κ1) is 18.7. The Labute approximate surface area is 155 Å². The van der Waals surface area contributed by atoms with E-state index in [1.54, 1.807) is 17.0 Å². The maximum Gasteiger partial charge on any atom is 0.322 e. The third-order valence-corrected chi connectivity index (χ3v) is 5.63. The Balaban J connectivity index is 1.65. The molecule has 0 bridgehead atoms. The van der Waals surface area contributed by atoms with E-state index in [1.807, 2.05) is 17.9 Å². The van der Waals surface area contributed by atoms with E-state index in [2.05, 4.69) is 12.2 Å². The maximum atomic E-state index is 12.7. The summed E-state index contributed by atoms with van der Waals surface area (Å²) in [7, 11) is 0.